The molecule has 0 aromatic carbocycles. The first-order valence-corrected chi connectivity index (χ1v) is 6.05. The summed E-state index contributed by atoms with van der Waals surface area (Å²) in [5.74, 6) is -0.328. The number of pyridine rings is 1. The Kier molecular flexibility index (Phi) is 2.72. The largest absolute Gasteiger partial charge is 0.388 e. The summed E-state index contributed by atoms with van der Waals surface area (Å²) in [4.78, 5) is 16.2. The molecule has 4 heteroatoms. The van der Waals surface area contributed by atoms with Crippen molar-refractivity contribution in [2.75, 3.05) is 0 Å². The summed E-state index contributed by atoms with van der Waals surface area (Å²) in [6.45, 7) is 0.779. The highest BCUT2D eigenvalue weighted by atomic mass is 16.3. The van der Waals surface area contributed by atoms with Crippen LogP contribution in [0.2, 0.25) is 0 Å². The van der Waals surface area contributed by atoms with Gasteiger partial charge < -0.3 is 9.67 Å². The minimum atomic E-state index is -0.746. The molecule has 1 aliphatic heterocycles. The molecular formula is C14H14N2O2. The lowest BCUT2D eigenvalue weighted by Gasteiger charge is -2.27. The van der Waals surface area contributed by atoms with Gasteiger partial charge in [-0.15, -0.1) is 0 Å². The van der Waals surface area contributed by atoms with E-state index in [1.54, 1.807) is 24.5 Å². The smallest absolute Gasteiger partial charge is 0.185 e. The van der Waals surface area contributed by atoms with Crippen molar-refractivity contribution in [3.05, 3.63) is 54.1 Å². The van der Waals surface area contributed by atoms with Crippen LogP contribution < -0.4 is 0 Å². The lowest BCUT2D eigenvalue weighted by atomic mass is 9.86. The van der Waals surface area contributed by atoms with Gasteiger partial charge in [-0.25, -0.2) is 0 Å². The van der Waals surface area contributed by atoms with Crippen LogP contribution in [0.3, 0.4) is 0 Å². The third-order valence-electron chi connectivity index (χ3n) is 3.53. The standard InChI is InChI=1S/C14H14N2O2/c17-13(10-3-6-15-7-4-10)11-5-9-16-8-1-2-12(16)14(11)18/h1-4,6-8,11,13,17H,5,9H2/t11-,13-/m1/s1. The lowest BCUT2D eigenvalue weighted by molar-refractivity contribution is 0.0599. The van der Waals surface area contributed by atoms with Crippen LogP contribution in [0.4, 0.5) is 0 Å². The molecule has 2 atom stereocenters. The zero-order valence-corrected chi connectivity index (χ0v) is 9.86. The van der Waals surface area contributed by atoms with Crippen molar-refractivity contribution in [1.29, 1.82) is 0 Å². The summed E-state index contributed by atoms with van der Waals surface area (Å²) >= 11 is 0. The van der Waals surface area contributed by atoms with Crippen LogP contribution in [-0.4, -0.2) is 20.4 Å². The van der Waals surface area contributed by atoms with Gasteiger partial charge in [0.05, 0.1) is 17.7 Å². The predicted molar refractivity (Wildman–Crippen MR) is 66.1 cm³/mol. The van der Waals surface area contributed by atoms with Crippen LogP contribution in [0.25, 0.3) is 0 Å². The molecule has 1 aliphatic rings. The molecule has 0 radical (unpaired) electrons. The molecule has 3 rings (SSSR count). The Bertz CT molecular complexity index is 562. The van der Waals surface area contributed by atoms with Gasteiger partial charge >= 0.3 is 0 Å². The minimum absolute atomic E-state index is 0.0237. The van der Waals surface area contributed by atoms with E-state index >= 15 is 0 Å². The molecule has 0 bridgehead atoms. The second-order valence-electron chi connectivity index (χ2n) is 4.57. The molecule has 3 heterocycles. The third-order valence-corrected chi connectivity index (χ3v) is 3.53. The maximum atomic E-state index is 12.3. The van der Waals surface area contributed by atoms with Crippen molar-refractivity contribution in [2.24, 2.45) is 5.92 Å². The van der Waals surface area contributed by atoms with E-state index in [-0.39, 0.29) is 11.7 Å². The van der Waals surface area contributed by atoms with E-state index in [1.807, 2.05) is 22.9 Å². The molecule has 0 fully saturated rings. The minimum Gasteiger partial charge on any atom is -0.388 e. The van der Waals surface area contributed by atoms with Gasteiger partial charge in [0.1, 0.15) is 0 Å². The zero-order valence-electron chi connectivity index (χ0n) is 9.86. The maximum Gasteiger partial charge on any atom is 0.185 e. The molecule has 2 aromatic heterocycles. The van der Waals surface area contributed by atoms with Gasteiger partial charge in [-0.1, -0.05) is 0 Å². The number of ketones is 1. The van der Waals surface area contributed by atoms with Crippen molar-refractivity contribution in [3.8, 4) is 0 Å². The summed E-state index contributed by atoms with van der Waals surface area (Å²) in [5.41, 5.74) is 1.45. The molecule has 1 N–H and O–H groups in total. The number of aliphatic hydroxyl groups excluding tert-OH is 1. The van der Waals surface area contributed by atoms with Gasteiger partial charge in [0, 0.05) is 25.1 Å². The van der Waals surface area contributed by atoms with Crippen LogP contribution in [0.5, 0.6) is 0 Å². The fraction of sp³-hybridized carbons (Fsp3) is 0.286. The van der Waals surface area contributed by atoms with E-state index in [4.69, 9.17) is 0 Å². The number of hydrogen-bond acceptors (Lipinski definition) is 3. The first-order chi connectivity index (χ1) is 8.77. The average Bonchev–Trinajstić information content (AvgIpc) is 2.89. The number of Topliss-reactive ketones (excluding diaryl/α,β-unsaturated/α-hetero) is 1. The van der Waals surface area contributed by atoms with Crippen LogP contribution in [0.15, 0.2) is 42.9 Å². The molecule has 92 valence electrons. The number of rotatable bonds is 2. The van der Waals surface area contributed by atoms with Gasteiger partial charge in [0.25, 0.3) is 0 Å². The fourth-order valence-corrected chi connectivity index (χ4v) is 2.53. The molecule has 0 aliphatic carbocycles. The molecule has 0 unspecified atom stereocenters. The highest BCUT2D eigenvalue weighted by molar-refractivity contribution is 5.97. The third kappa shape index (κ3) is 1.75. The Hall–Kier alpha value is -1.94. The van der Waals surface area contributed by atoms with Crippen molar-refractivity contribution < 1.29 is 9.90 Å². The van der Waals surface area contributed by atoms with Crippen molar-refractivity contribution in [3.63, 3.8) is 0 Å². The zero-order chi connectivity index (χ0) is 12.5. The van der Waals surface area contributed by atoms with Crippen molar-refractivity contribution in [2.45, 2.75) is 19.1 Å². The van der Waals surface area contributed by atoms with Crippen LogP contribution in [0, 0.1) is 5.92 Å². The number of aryl methyl sites for hydroxylation is 1. The highest BCUT2D eigenvalue weighted by Crippen LogP contribution is 2.31. The second-order valence-corrected chi connectivity index (χ2v) is 4.57. The summed E-state index contributed by atoms with van der Waals surface area (Å²) in [7, 11) is 0. The molecule has 4 nitrogen and oxygen atoms in total. The Morgan fingerprint density at radius 2 is 2.11 bits per heavy atom. The monoisotopic (exact) mass is 242 g/mol. The first kappa shape index (κ1) is 11.2. The van der Waals surface area contributed by atoms with E-state index in [0.717, 1.165) is 12.1 Å². The molecule has 0 saturated carbocycles. The summed E-state index contributed by atoms with van der Waals surface area (Å²) in [6.07, 6.45) is 5.10. The van der Waals surface area contributed by atoms with Gasteiger partial charge in [-0.2, -0.15) is 0 Å². The Morgan fingerprint density at radius 3 is 2.89 bits per heavy atom. The number of carbonyl (C=O) groups is 1. The molecular weight excluding hydrogens is 228 g/mol. The Labute approximate surface area is 105 Å². The van der Waals surface area contributed by atoms with Crippen molar-refractivity contribution >= 4 is 5.78 Å². The van der Waals surface area contributed by atoms with Gasteiger partial charge in [0.2, 0.25) is 0 Å². The highest BCUT2D eigenvalue weighted by Gasteiger charge is 2.33. The second kappa shape index (κ2) is 4.38. The molecule has 0 saturated heterocycles. The van der Waals surface area contributed by atoms with Crippen LogP contribution in [0.1, 0.15) is 28.6 Å². The summed E-state index contributed by atoms with van der Waals surface area (Å²) in [5, 5.41) is 10.3. The molecule has 2 aromatic rings. The molecule has 18 heavy (non-hydrogen) atoms. The topological polar surface area (TPSA) is 55.1 Å². The first-order valence-electron chi connectivity index (χ1n) is 6.05. The van der Waals surface area contributed by atoms with Gasteiger partial charge in [-0.05, 0) is 36.2 Å². The number of aromatic nitrogens is 2. The predicted octanol–water partition coefficient (Wildman–Crippen LogP) is 1.82. The van der Waals surface area contributed by atoms with Crippen molar-refractivity contribution in [1.82, 2.24) is 9.55 Å². The number of carbonyl (C=O) groups excluding carboxylic acids is 1. The maximum absolute atomic E-state index is 12.3. The lowest BCUT2D eigenvalue weighted by Crippen LogP contribution is -2.30. The molecule has 0 spiro atoms. The van der Waals surface area contributed by atoms with E-state index < -0.39 is 6.10 Å². The number of aliphatic hydroxyl groups is 1. The normalized spacial score (nSPS) is 20.5. The molecule has 0 amide bonds. The van der Waals surface area contributed by atoms with Gasteiger partial charge in [-0.3, -0.25) is 9.78 Å². The summed E-state index contributed by atoms with van der Waals surface area (Å²) in [6, 6.07) is 7.19. The Balaban J connectivity index is 1.89. The number of nitrogens with zero attached hydrogens (tertiary/aromatic N) is 2. The SMILES string of the molecule is O=C1c2cccn2CC[C@@H]1[C@H](O)c1ccncc1. The summed E-state index contributed by atoms with van der Waals surface area (Å²) < 4.78 is 1.94. The van der Waals surface area contributed by atoms with E-state index in [1.165, 1.54) is 0 Å². The van der Waals surface area contributed by atoms with Crippen LogP contribution >= 0.6 is 0 Å². The number of hydrogen-bond donors (Lipinski definition) is 1. The van der Waals surface area contributed by atoms with E-state index in [2.05, 4.69) is 4.98 Å². The Morgan fingerprint density at radius 1 is 1.33 bits per heavy atom. The average molecular weight is 242 g/mol. The fourth-order valence-electron chi connectivity index (χ4n) is 2.53. The quantitative estimate of drug-likeness (QED) is 0.874. The van der Waals surface area contributed by atoms with E-state index in [9.17, 15) is 9.90 Å². The van der Waals surface area contributed by atoms with Crippen LogP contribution in [-0.2, 0) is 6.54 Å². The number of fused-ring (bicyclic) bond motifs is 1. The van der Waals surface area contributed by atoms with Gasteiger partial charge in [0.15, 0.2) is 5.78 Å². The van der Waals surface area contributed by atoms with E-state index in [0.29, 0.717) is 12.1 Å².